The molecule has 1 aliphatic rings. The van der Waals surface area contributed by atoms with Gasteiger partial charge < -0.3 is 10.4 Å². The predicted molar refractivity (Wildman–Crippen MR) is 80.2 cm³/mol. The molecule has 0 bridgehead atoms. The Balaban J connectivity index is 2.22. The molecule has 1 saturated carbocycles. The second-order valence-corrected chi connectivity index (χ2v) is 6.24. The normalized spacial score (nSPS) is 17.1. The van der Waals surface area contributed by atoms with Crippen molar-refractivity contribution < 1.29 is 5.11 Å². The zero-order chi connectivity index (χ0) is 14.7. The lowest BCUT2D eigenvalue weighted by Crippen LogP contribution is -2.36. The van der Waals surface area contributed by atoms with Gasteiger partial charge in [-0.1, -0.05) is 31.9 Å². The highest BCUT2D eigenvalue weighted by Crippen LogP contribution is 2.27. The van der Waals surface area contributed by atoms with Crippen LogP contribution in [0.15, 0.2) is 11.0 Å². The van der Waals surface area contributed by atoms with Crippen molar-refractivity contribution in [2.45, 2.75) is 45.7 Å². The van der Waals surface area contributed by atoms with E-state index in [9.17, 15) is 9.90 Å². The second kappa shape index (κ2) is 6.59. The molecule has 0 radical (unpaired) electrons. The first-order chi connectivity index (χ1) is 9.52. The Labute approximate surface area is 124 Å². The van der Waals surface area contributed by atoms with Crippen molar-refractivity contribution in [1.82, 2.24) is 9.78 Å². The topological polar surface area (TPSA) is 67.2 Å². The first-order valence-corrected chi connectivity index (χ1v) is 7.53. The van der Waals surface area contributed by atoms with Gasteiger partial charge in [0.1, 0.15) is 5.69 Å². The van der Waals surface area contributed by atoms with E-state index >= 15 is 0 Å². The lowest BCUT2D eigenvalue weighted by molar-refractivity contribution is 0.248. The summed E-state index contributed by atoms with van der Waals surface area (Å²) in [4.78, 5) is 12.4. The summed E-state index contributed by atoms with van der Waals surface area (Å²) >= 11 is 6.07. The molecule has 0 aliphatic heterocycles. The number of nitrogens with zero attached hydrogens (tertiary/aromatic N) is 2. The molecule has 5 nitrogen and oxygen atoms in total. The number of aromatic nitrogens is 2. The average molecular weight is 300 g/mol. The van der Waals surface area contributed by atoms with Crippen molar-refractivity contribution >= 4 is 17.3 Å². The molecule has 2 rings (SSSR count). The van der Waals surface area contributed by atoms with E-state index in [-0.39, 0.29) is 24.1 Å². The fraction of sp³-hybridized carbons (Fsp3) is 0.714. The van der Waals surface area contributed by atoms with Crippen LogP contribution in [0.4, 0.5) is 5.69 Å². The van der Waals surface area contributed by atoms with E-state index in [2.05, 4.69) is 10.4 Å². The Hall–Kier alpha value is -1.07. The van der Waals surface area contributed by atoms with Gasteiger partial charge in [-0.3, -0.25) is 4.79 Å². The third-order valence-corrected chi connectivity index (χ3v) is 4.27. The molecule has 1 heterocycles. The summed E-state index contributed by atoms with van der Waals surface area (Å²) in [5.41, 5.74) is 0.136. The first kappa shape index (κ1) is 15.3. The Bertz CT molecular complexity index is 512. The van der Waals surface area contributed by atoms with Crippen LogP contribution < -0.4 is 10.9 Å². The van der Waals surface area contributed by atoms with Gasteiger partial charge in [0.15, 0.2) is 0 Å². The third kappa shape index (κ3) is 3.33. The van der Waals surface area contributed by atoms with Gasteiger partial charge in [-0.2, -0.15) is 5.10 Å². The van der Waals surface area contributed by atoms with E-state index < -0.39 is 0 Å². The van der Waals surface area contributed by atoms with Crippen molar-refractivity contribution in [3.05, 3.63) is 21.6 Å². The predicted octanol–water partition coefficient (Wildman–Crippen LogP) is 2.13. The van der Waals surface area contributed by atoms with Crippen molar-refractivity contribution in [3.8, 4) is 0 Å². The fourth-order valence-electron chi connectivity index (χ4n) is 2.26. The Morgan fingerprint density at radius 3 is 2.75 bits per heavy atom. The highest BCUT2D eigenvalue weighted by Gasteiger charge is 2.21. The molecule has 0 amide bonds. The van der Waals surface area contributed by atoms with Crippen molar-refractivity contribution in [3.63, 3.8) is 0 Å². The Morgan fingerprint density at radius 2 is 2.25 bits per heavy atom. The van der Waals surface area contributed by atoms with Crippen LogP contribution in [-0.4, -0.2) is 27.5 Å². The highest BCUT2D eigenvalue weighted by molar-refractivity contribution is 6.33. The van der Waals surface area contributed by atoms with Crippen LogP contribution >= 0.6 is 11.6 Å². The SMILES string of the molecule is CC(C)[C@@H](CO)Nc1c(Cl)cnn(CC2CCC2)c1=O. The van der Waals surface area contributed by atoms with E-state index in [1.54, 1.807) is 0 Å². The molecule has 1 aromatic heterocycles. The number of aliphatic hydroxyl groups excluding tert-OH is 1. The standard InChI is InChI=1S/C14H22ClN3O2/c1-9(2)12(8-19)17-13-11(15)6-16-18(14(13)20)7-10-4-3-5-10/h6,9-10,12,17,19H,3-5,7-8H2,1-2H3/t12-/m1/s1. The fourth-order valence-corrected chi connectivity index (χ4v) is 2.44. The first-order valence-electron chi connectivity index (χ1n) is 7.16. The number of anilines is 1. The number of hydrogen-bond donors (Lipinski definition) is 2. The lowest BCUT2D eigenvalue weighted by atomic mass is 9.85. The van der Waals surface area contributed by atoms with Gasteiger partial charge in [0.2, 0.25) is 0 Å². The van der Waals surface area contributed by atoms with Gasteiger partial charge >= 0.3 is 0 Å². The van der Waals surface area contributed by atoms with Crippen LogP contribution in [0.5, 0.6) is 0 Å². The maximum absolute atomic E-state index is 12.4. The molecule has 2 N–H and O–H groups in total. The molecule has 1 aromatic rings. The minimum Gasteiger partial charge on any atom is -0.394 e. The smallest absolute Gasteiger partial charge is 0.291 e. The minimum atomic E-state index is -0.205. The van der Waals surface area contributed by atoms with E-state index in [1.807, 2.05) is 13.8 Å². The zero-order valence-corrected chi connectivity index (χ0v) is 12.7. The molecular formula is C14H22ClN3O2. The van der Waals surface area contributed by atoms with Gasteiger partial charge in [-0.25, -0.2) is 4.68 Å². The van der Waals surface area contributed by atoms with E-state index in [0.717, 1.165) is 12.8 Å². The third-order valence-electron chi connectivity index (χ3n) is 3.98. The van der Waals surface area contributed by atoms with Gasteiger partial charge in [-0.15, -0.1) is 0 Å². The van der Waals surface area contributed by atoms with Gasteiger partial charge in [0.05, 0.1) is 23.9 Å². The molecule has 0 spiro atoms. The van der Waals surface area contributed by atoms with E-state index in [1.165, 1.54) is 17.3 Å². The summed E-state index contributed by atoms with van der Waals surface area (Å²) in [5, 5.41) is 16.8. The van der Waals surface area contributed by atoms with Crippen LogP contribution in [0.2, 0.25) is 5.02 Å². The minimum absolute atomic E-state index is 0.0433. The maximum atomic E-state index is 12.4. The average Bonchev–Trinajstić information content (AvgIpc) is 2.35. The molecule has 20 heavy (non-hydrogen) atoms. The Morgan fingerprint density at radius 1 is 1.55 bits per heavy atom. The molecule has 1 aliphatic carbocycles. The molecular weight excluding hydrogens is 278 g/mol. The number of halogens is 1. The molecule has 0 saturated heterocycles. The van der Waals surface area contributed by atoms with Crippen LogP contribution in [-0.2, 0) is 6.54 Å². The highest BCUT2D eigenvalue weighted by atomic mass is 35.5. The molecule has 1 fully saturated rings. The molecule has 0 aromatic carbocycles. The maximum Gasteiger partial charge on any atom is 0.291 e. The van der Waals surface area contributed by atoms with Gasteiger partial charge in [0, 0.05) is 6.54 Å². The molecule has 1 atom stereocenters. The number of nitrogens with one attached hydrogen (secondary N) is 1. The summed E-state index contributed by atoms with van der Waals surface area (Å²) in [5.74, 6) is 0.747. The number of hydrogen-bond acceptors (Lipinski definition) is 4. The van der Waals surface area contributed by atoms with Gasteiger partial charge in [0.25, 0.3) is 5.56 Å². The van der Waals surface area contributed by atoms with E-state index in [0.29, 0.717) is 23.2 Å². The molecule has 0 unspecified atom stereocenters. The summed E-state index contributed by atoms with van der Waals surface area (Å²) in [7, 11) is 0. The number of aliphatic hydroxyl groups is 1. The van der Waals surface area contributed by atoms with Crippen LogP contribution in [0.3, 0.4) is 0 Å². The van der Waals surface area contributed by atoms with Gasteiger partial charge in [-0.05, 0) is 24.7 Å². The zero-order valence-electron chi connectivity index (χ0n) is 12.0. The number of rotatable bonds is 6. The second-order valence-electron chi connectivity index (χ2n) is 5.83. The van der Waals surface area contributed by atoms with Crippen LogP contribution in [0.25, 0.3) is 0 Å². The van der Waals surface area contributed by atoms with E-state index in [4.69, 9.17) is 11.6 Å². The Kier molecular flexibility index (Phi) is 5.05. The molecule has 112 valence electrons. The quantitative estimate of drug-likeness (QED) is 0.844. The summed E-state index contributed by atoms with van der Waals surface area (Å²) in [6.45, 7) is 4.57. The monoisotopic (exact) mass is 299 g/mol. The van der Waals surface area contributed by atoms with Crippen molar-refractivity contribution in [2.24, 2.45) is 11.8 Å². The summed E-state index contributed by atoms with van der Waals surface area (Å²) in [6, 6.07) is -0.195. The van der Waals surface area contributed by atoms with Crippen molar-refractivity contribution in [2.75, 3.05) is 11.9 Å². The summed E-state index contributed by atoms with van der Waals surface area (Å²) in [6.07, 6.45) is 5.05. The molecule has 6 heteroatoms. The van der Waals surface area contributed by atoms with Crippen LogP contribution in [0, 0.1) is 11.8 Å². The largest absolute Gasteiger partial charge is 0.394 e. The lowest BCUT2D eigenvalue weighted by Gasteiger charge is -2.26. The van der Waals surface area contributed by atoms with Crippen molar-refractivity contribution in [1.29, 1.82) is 0 Å². The van der Waals surface area contributed by atoms with Crippen LogP contribution in [0.1, 0.15) is 33.1 Å². The summed E-state index contributed by atoms with van der Waals surface area (Å²) < 4.78 is 1.48.